The molecule has 1 heterocycles. The Hall–Kier alpha value is -1.15. The number of carbonyl (C=O) groups is 1. The maximum atomic E-state index is 12.4. The zero-order chi connectivity index (χ0) is 12.4. The predicted molar refractivity (Wildman–Crippen MR) is 70.6 cm³/mol. The number of ketones is 1. The average molecular weight is 244 g/mol. The van der Waals surface area contributed by atoms with Gasteiger partial charge in [-0.05, 0) is 37.7 Å². The maximum Gasteiger partial charge on any atom is 0.143 e. The lowest BCUT2D eigenvalue weighted by atomic mass is 9.88. The van der Waals surface area contributed by atoms with Crippen LogP contribution in [0.15, 0.2) is 30.3 Å². The molecule has 0 radical (unpaired) electrons. The zero-order valence-corrected chi connectivity index (χ0v) is 10.7. The first-order valence-corrected chi connectivity index (χ1v) is 7.02. The molecule has 0 amide bonds. The molecule has 0 N–H and O–H groups in total. The lowest BCUT2D eigenvalue weighted by Gasteiger charge is -2.16. The first-order valence-electron chi connectivity index (χ1n) is 7.02. The average Bonchev–Trinajstić information content (AvgIpc) is 3.07. The fourth-order valence-corrected chi connectivity index (χ4v) is 3.01. The molecule has 1 saturated carbocycles. The third kappa shape index (κ3) is 2.22. The topological polar surface area (TPSA) is 26.3 Å². The summed E-state index contributed by atoms with van der Waals surface area (Å²) < 4.78 is 5.59. The molecule has 1 saturated heterocycles. The Bertz CT molecular complexity index is 414. The third-order valence-corrected chi connectivity index (χ3v) is 4.33. The highest BCUT2D eigenvalue weighted by atomic mass is 16.5. The van der Waals surface area contributed by atoms with Crippen molar-refractivity contribution in [2.75, 3.05) is 6.61 Å². The van der Waals surface area contributed by atoms with Crippen LogP contribution in [0.5, 0.6) is 0 Å². The molecule has 1 aliphatic carbocycles. The van der Waals surface area contributed by atoms with Gasteiger partial charge in [-0.25, -0.2) is 0 Å². The van der Waals surface area contributed by atoms with Crippen LogP contribution in [0.2, 0.25) is 0 Å². The van der Waals surface area contributed by atoms with E-state index < -0.39 is 0 Å². The van der Waals surface area contributed by atoms with Crippen molar-refractivity contribution in [3.8, 4) is 0 Å². The van der Waals surface area contributed by atoms with Crippen molar-refractivity contribution >= 4 is 5.78 Å². The van der Waals surface area contributed by atoms with Crippen LogP contribution < -0.4 is 0 Å². The summed E-state index contributed by atoms with van der Waals surface area (Å²) in [6, 6.07) is 10.3. The molecule has 1 atom stereocenters. The summed E-state index contributed by atoms with van der Waals surface area (Å²) in [4.78, 5) is 12.4. The minimum absolute atomic E-state index is 0.139. The zero-order valence-electron chi connectivity index (χ0n) is 10.7. The van der Waals surface area contributed by atoms with E-state index in [2.05, 4.69) is 12.1 Å². The SMILES string of the molecule is O=C(CCC1CCCO1)C1(c2ccccc2)CC1. The van der Waals surface area contributed by atoms with E-state index in [9.17, 15) is 4.79 Å². The largest absolute Gasteiger partial charge is 0.378 e. The number of carbonyl (C=O) groups excluding carboxylic acids is 1. The number of benzene rings is 1. The Morgan fingerprint density at radius 3 is 2.67 bits per heavy atom. The van der Waals surface area contributed by atoms with Crippen molar-refractivity contribution in [3.05, 3.63) is 35.9 Å². The molecule has 96 valence electrons. The molecule has 0 bridgehead atoms. The summed E-state index contributed by atoms with van der Waals surface area (Å²) in [6.45, 7) is 0.878. The fourth-order valence-electron chi connectivity index (χ4n) is 3.01. The van der Waals surface area contributed by atoms with Crippen molar-refractivity contribution in [3.63, 3.8) is 0 Å². The van der Waals surface area contributed by atoms with Gasteiger partial charge in [0.1, 0.15) is 5.78 Å². The van der Waals surface area contributed by atoms with Crippen molar-refractivity contribution in [1.29, 1.82) is 0 Å². The van der Waals surface area contributed by atoms with Crippen LogP contribution in [0.25, 0.3) is 0 Å². The van der Waals surface area contributed by atoms with Gasteiger partial charge in [-0.15, -0.1) is 0 Å². The smallest absolute Gasteiger partial charge is 0.143 e. The van der Waals surface area contributed by atoms with Crippen LogP contribution in [0.4, 0.5) is 0 Å². The third-order valence-electron chi connectivity index (χ3n) is 4.33. The molecule has 3 rings (SSSR count). The van der Waals surface area contributed by atoms with E-state index >= 15 is 0 Å². The molecule has 2 aliphatic rings. The standard InChI is InChI=1S/C16H20O2/c17-15(9-8-14-7-4-12-18-14)16(10-11-16)13-5-2-1-3-6-13/h1-3,5-6,14H,4,7-12H2. The minimum atomic E-state index is -0.139. The maximum absolute atomic E-state index is 12.4. The van der Waals surface area contributed by atoms with Gasteiger partial charge in [0.2, 0.25) is 0 Å². The fraction of sp³-hybridized carbons (Fsp3) is 0.562. The lowest BCUT2D eigenvalue weighted by Crippen LogP contribution is -2.21. The molecular formula is C16H20O2. The summed E-state index contributed by atoms with van der Waals surface area (Å²) >= 11 is 0. The van der Waals surface area contributed by atoms with E-state index in [0.29, 0.717) is 18.3 Å². The molecule has 2 fully saturated rings. The van der Waals surface area contributed by atoms with Crippen molar-refractivity contribution in [1.82, 2.24) is 0 Å². The molecule has 2 heteroatoms. The monoisotopic (exact) mass is 244 g/mol. The Labute approximate surface area is 108 Å². The molecule has 0 spiro atoms. The second kappa shape index (κ2) is 4.85. The van der Waals surface area contributed by atoms with Gasteiger partial charge in [-0.3, -0.25) is 4.79 Å². The van der Waals surface area contributed by atoms with E-state index in [1.807, 2.05) is 18.2 Å². The Morgan fingerprint density at radius 2 is 2.06 bits per heavy atom. The summed E-state index contributed by atoms with van der Waals surface area (Å²) in [5.74, 6) is 0.421. The quantitative estimate of drug-likeness (QED) is 0.794. The molecule has 18 heavy (non-hydrogen) atoms. The van der Waals surface area contributed by atoms with Gasteiger partial charge in [0.25, 0.3) is 0 Å². The molecule has 1 aromatic rings. The number of ether oxygens (including phenoxy) is 1. The normalized spacial score (nSPS) is 25.0. The second-order valence-electron chi connectivity index (χ2n) is 5.55. The van der Waals surface area contributed by atoms with E-state index in [0.717, 1.165) is 38.7 Å². The number of Topliss-reactive ketones (excluding diaryl/α,β-unsaturated/α-hetero) is 1. The van der Waals surface area contributed by atoms with Crippen LogP contribution >= 0.6 is 0 Å². The highest BCUT2D eigenvalue weighted by Crippen LogP contribution is 2.49. The van der Waals surface area contributed by atoms with Gasteiger partial charge >= 0.3 is 0 Å². The van der Waals surface area contributed by atoms with Crippen LogP contribution in [-0.2, 0) is 14.9 Å². The van der Waals surface area contributed by atoms with E-state index in [-0.39, 0.29) is 5.41 Å². The van der Waals surface area contributed by atoms with Gasteiger partial charge in [-0.1, -0.05) is 30.3 Å². The van der Waals surface area contributed by atoms with E-state index in [1.165, 1.54) is 5.56 Å². The number of rotatable bonds is 5. The lowest BCUT2D eigenvalue weighted by molar-refractivity contribution is -0.122. The minimum Gasteiger partial charge on any atom is -0.378 e. The number of hydrogen-bond acceptors (Lipinski definition) is 2. The molecule has 0 aromatic heterocycles. The first kappa shape index (κ1) is 11.9. The second-order valence-corrected chi connectivity index (χ2v) is 5.55. The summed E-state index contributed by atoms with van der Waals surface area (Å²) in [7, 11) is 0. The van der Waals surface area contributed by atoms with E-state index in [1.54, 1.807) is 0 Å². The van der Waals surface area contributed by atoms with Crippen molar-refractivity contribution < 1.29 is 9.53 Å². The predicted octanol–water partition coefficient (Wildman–Crippen LogP) is 3.25. The summed E-state index contributed by atoms with van der Waals surface area (Å²) in [6.07, 6.45) is 6.27. The van der Waals surface area contributed by atoms with Gasteiger partial charge in [0, 0.05) is 13.0 Å². The highest BCUT2D eigenvalue weighted by molar-refractivity contribution is 5.93. The Balaban J connectivity index is 1.62. The molecule has 1 aromatic carbocycles. The molecule has 1 aliphatic heterocycles. The molecular weight excluding hydrogens is 224 g/mol. The van der Waals surface area contributed by atoms with E-state index in [4.69, 9.17) is 4.74 Å². The van der Waals surface area contributed by atoms with Crippen LogP contribution in [0.3, 0.4) is 0 Å². The van der Waals surface area contributed by atoms with Gasteiger partial charge in [0.15, 0.2) is 0 Å². The van der Waals surface area contributed by atoms with Crippen LogP contribution in [-0.4, -0.2) is 18.5 Å². The van der Waals surface area contributed by atoms with Crippen LogP contribution in [0.1, 0.15) is 44.1 Å². The van der Waals surface area contributed by atoms with Gasteiger partial charge < -0.3 is 4.74 Å². The van der Waals surface area contributed by atoms with Crippen molar-refractivity contribution in [2.45, 2.75) is 50.0 Å². The highest BCUT2D eigenvalue weighted by Gasteiger charge is 2.50. The van der Waals surface area contributed by atoms with Crippen LogP contribution in [0, 0.1) is 0 Å². The van der Waals surface area contributed by atoms with Gasteiger partial charge in [0.05, 0.1) is 11.5 Å². The number of hydrogen-bond donors (Lipinski definition) is 0. The summed E-state index contributed by atoms with van der Waals surface area (Å²) in [5.41, 5.74) is 1.07. The molecule has 1 unspecified atom stereocenters. The summed E-state index contributed by atoms with van der Waals surface area (Å²) in [5, 5.41) is 0. The molecule has 2 nitrogen and oxygen atoms in total. The Kier molecular flexibility index (Phi) is 3.21. The first-order chi connectivity index (χ1) is 8.81. The van der Waals surface area contributed by atoms with Crippen molar-refractivity contribution in [2.24, 2.45) is 0 Å². The van der Waals surface area contributed by atoms with Gasteiger partial charge in [-0.2, -0.15) is 0 Å². The Morgan fingerprint density at radius 1 is 1.28 bits per heavy atom.